The first kappa shape index (κ1) is 35.9. The van der Waals surface area contributed by atoms with E-state index in [1.54, 1.807) is 42.5 Å². The quantitative estimate of drug-likeness (QED) is 0.0705. The molecule has 246 valence electrons. The second-order valence-corrected chi connectivity index (χ2v) is 14.9. The lowest BCUT2D eigenvalue weighted by atomic mass is 9.92. The molecule has 0 saturated carbocycles. The topological polar surface area (TPSA) is 104 Å². The molecule has 0 aliphatic heterocycles. The van der Waals surface area contributed by atoms with Crippen molar-refractivity contribution < 1.29 is 27.9 Å². The Morgan fingerprint density at radius 1 is 0.804 bits per heavy atom. The van der Waals surface area contributed by atoms with Crippen LogP contribution < -0.4 is 4.74 Å². The van der Waals surface area contributed by atoms with Crippen LogP contribution in [-0.2, 0) is 15.9 Å². The summed E-state index contributed by atoms with van der Waals surface area (Å²) in [4.78, 5) is 0.942. The van der Waals surface area contributed by atoms with Crippen molar-refractivity contribution in [3.63, 3.8) is 0 Å². The molecule has 4 aromatic carbocycles. The van der Waals surface area contributed by atoms with Gasteiger partial charge in [0.1, 0.15) is 22.5 Å². The molecule has 0 saturated heterocycles. The molecule has 0 fully saturated rings. The minimum atomic E-state index is -4.57. The van der Waals surface area contributed by atoms with Crippen LogP contribution in [0, 0.1) is 0 Å². The van der Waals surface area contributed by atoms with E-state index in [2.05, 4.69) is 13.8 Å². The maximum atomic E-state index is 12.6. The normalized spacial score (nSPS) is 12.3. The summed E-state index contributed by atoms with van der Waals surface area (Å²) >= 11 is 3.07. The average molecular weight is 681 g/mol. The Balaban J connectivity index is 1.55. The number of phenolic OH excluding ortho intramolecular Hbond substituents is 1. The van der Waals surface area contributed by atoms with Gasteiger partial charge in [0.05, 0.1) is 6.61 Å². The number of thioether (sulfide) groups is 1. The second-order valence-electron chi connectivity index (χ2n) is 11.3. The highest BCUT2D eigenvalue weighted by molar-refractivity contribution is 8.00. The van der Waals surface area contributed by atoms with E-state index in [1.807, 2.05) is 48.2 Å². The largest absolute Gasteiger partial charge is 0.508 e. The van der Waals surface area contributed by atoms with Gasteiger partial charge in [0.2, 0.25) is 0 Å². The Morgan fingerprint density at radius 2 is 1.54 bits per heavy atom. The third-order valence-electron chi connectivity index (χ3n) is 7.65. The standard InChI is InChI=1S/C37H44O6S3/c1-3-5-7-8-11-23-44-26-27-14-20-34(38)33(24-27)37(39)32-13-10-9-12-31(32)28-15-21-35(36(25-28)46(40,41)42)45-30-18-16-29(17-19-30)43-22-6-4-2/h9-10,12-21,24-25,37-39H,3-8,11,22-23,26H2,1-2H3,(H,40,41,42). The molecule has 6 nitrogen and oxygen atoms in total. The molecule has 0 heterocycles. The second kappa shape index (κ2) is 17.8. The Labute approximate surface area is 282 Å². The van der Waals surface area contributed by atoms with Gasteiger partial charge >= 0.3 is 0 Å². The summed E-state index contributed by atoms with van der Waals surface area (Å²) in [5.74, 6) is 2.57. The number of benzene rings is 4. The van der Waals surface area contributed by atoms with Crippen LogP contribution in [0.2, 0.25) is 0 Å². The Kier molecular flexibility index (Phi) is 13.9. The van der Waals surface area contributed by atoms with Crippen molar-refractivity contribution in [3.8, 4) is 22.6 Å². The summed E-state index contributed by atoms with van der Waals surface area (Å²) in [6.07, 6.45) is 7.03. The molecule has 46 heavy (non-hydrogen) atoms. The van der Waals surface area contributed by atoms with Crippen molar-refractivity contribution in [2.75, 3.05) is 12.4 Å². The van der Waals surface area contributed by atoms with Crippen LogP contribution in [0.15, 0.2) is 99.6 Å². The molecule has 0 amide bonds. The van der Waals surface area contributed by atoms with E-state index in [0.717, 1.165) is 40.6 Å². The van der Waals surface area contributed by atoms with Gasteiger partial charge in [0, 0.05) is 21.1 Å². The lowest BCUT2D eigenvalue weighted by Crippen LogP contribution is -2.04. The Bertz CT molecular complexity index is 1650. The summed E-state index contributed by atoms with van der Waals surface area (Å²) < 4.78 is 41.1. The smallest absolute Gasteiger partial charge is 0.295 e. The molecule has 3 N–H and O–H groups in total. The van der Waals surface area contributed by atoms with Crippen LogP contribution in [0.3, 0.4) is 0 Å². The van der Waals surface area contributed by atoms with Gasteiger partial charge in [0.15, 0.2) is 0 Å². The Morgan fingerprint density at radius 3 is 2.28 bits per heavy atom. The number of unbranched alkanes of at least 4 members (excludes halogenated alkanes) is 5. The van der Waals surface area contributed by atoms with E-state index in [0.29, 0.717) is 33.8 Å². The lowest BCUT2D eigenvalue weighted by molar-refractivity contribution is 0.216. The van der Waals surface area contributed by atoms with E-state index in [-0.39, 0.29) is 10.6 Å². The first-order chi connectivity index (χ1) is 22.2. The van der Waals surface area contributed by atoms with Crippen molar-refractivity contribution >= 4 is 33.6 Å². The zero-order chi connectivity index (χ0) is 32.9. The van der Waals surface area contributed by atoms with Gasteiger partial charge in [-0.05, 0) is 89.4 Å². The SMILES string of the molecule is CCCCCCCSCc1ccc(O)c(C(O)c2ccccc2-c2ccc(Sc3ccc(OCCCC)cc3)c(S(=O)(=O)O)c2)c1. The van der Waals surface area contributed by atoms with Gasteiger partial charge in [0.25, 0.3) is 10.1 Å². The average Bonchev–Trinajstić information content (AvgIpc) is 3.05. The van der Waals surface area contributed by atoms with Crippen molar-refractivity contribution in [2.45, 2.75) is 85.3 Å². The highest BCUT2D eigenvalue weighted by Gasteiger charge is 2.22. The third-order valence-corrected chi connectivity index (χ3v) is 10.9. The van der Waals surface area contributed by atoms with E-state index in [1.165, 1.54) is 49.9 Å². The van der Waals surface area contributed by atoms with Gasteiger partial charge < -0.3 is 14.9 Å². The predicted octanol–water partition coefficient (Wildman–Crippen LogP) is 9.92. The van der Waals surface area contributed by atoms with E-state index >= 15 is 0 Å². The van der Waals surface area contributed by atoms with Gasteiger partial charge in [-0.15, -0.1) is 0 Å². The number of hydrogen-bond acceptors (Lipinski definition) is 7. The number of rotatable bonds is 18. The number of aliphatic hydroxyl groups is 1. The van der Waals surface area contributed by atoms with Crippen molar-refractivity contribution in [2.24, 2.45) is 0 Å². The molecular weight excluding hydrogens is 637 g/mol. The van der Waals surface area contributed by atoms with E-state index < -0.39 is 16.2 Å². The molecular formula is C37H44O6S3. The Hall–Kier alpha value is -2.95. The van der Waals surface area contributed by atoms with Crippen LogP contribution in [0.5, 0.6) is 11.5 Å². The fourth-order valence-corrected chi connectivity index (χ4v) is 7.93. The molecule has 0 radical (unpaired) electrons. The minimum Gasteiger partial charge on any atom is -0.508 e. The molecule has 0 spiro atoms. The first-order valence-electron chi connectivity index (χ1n) is 15.9. The highest BCUT2D eigenvalue weighted by atomic mass is 32.2. The van der Waals surface area contributed by atoms with Crippen LogP contribution in [0.1, 0.15) is 81.6 Å². The molecule has 0 aliphatic carbocycles. The monoisotopic (exact) mass is 680 g/mol. The summed E-state index contributed by atoms with van der Waals surface area (Å²) in [5.41, 5.74) is 3.02. The third kappa shape index (κ3) is 10.3. The molecule has 0 bridgehead atoms. The van der Waals surface area contributed by atoms with Gasteiger partial charge in [-0.3, -0.25) is 4.55 Å². The van der Waals surface area contributed by atoms with E-state index in [4.69, 9.17) is 4.74 Å². The molecule has 4 aromatic rings. The molecule has 0 aromatic heterocycles. The summed E-state index contributed by atoms with van der Waals surface area (Å²) in [6.45, 7) is 4.95. The fraction of sp³-hybridized carbons (Fsp3) is 0.351. The van der Waals surface area contributed by atoms with Crippen LogP contribution in [0.4, 0.5) is 0 Å². The first-order valence-corrected chi connectivity index (χ1v) is 19.3. The zero-order valence-electron chi connectivity index (χ0n) is 26.5. The van der Waals surface area contributed by atoms with Crippen LogP contribution >= 0.6 is 23.5 Å². The van der Waals surface area contributed by atoms with Crippen LogP contribution in [0.25, 0.3) is 11.1 Å². The highest BCUT2D eigenvalue weighted by Crippen LogP contribution is 2.40. The predicted molar refractivity (Wildman–Crippen MR) is 190 cm³/mol. The van der Waals surface area contributed by atoms with Gasteiger partial charge in [-0.25, -0.2) is 0 Å². The van der Waals surface area contributed by atoms with Gasteiger partial charge in [-0.2, -0.15) is 20.2 Å². The molecule has 0 aliphatic rings. The number of phenols is 1. The number of aliphatic hydroxyl groups excluding tert-OH is 1. The fourth-order valence-electron chi connectivity index (χ4n) is 5.10. The molecule has 1 atom stereocenters. The zero-order valence-corrected chi connectivity index (χ0v) is 29.0. The number of aromatic hydroxyl groups is 1. The van der Waals surface area contributed by atoms with Crippen molar-refractivity contribution in [3.05, 3.63) is 102 Å². The minimum absolute atomic E-state index is 0.0113. The van der Waals surface area contributed by atoms with Crippen molar-refractivity contribution in [1.82, 2.24) is 0 Å². The molecule has 4 rings (SSSR count). The van der Waals surface area contributed by atoms with E-state index in [9.17, 15) is 23.2 Å². The van der Waals surface area contributed by atoms with Crippen LogP contribution in [-0.4, -0.2) is 35.5 Å². The van der Waals surface area contributed by atoms with Gasteiger partial charge in [-0.1, -0.05) is 94.1 Å². The number of ether oxygens (including phenoxy) is 1. The summed E-state index contributed by atoms with van der Waals surface area (Å²) in [5, 5.41) is 22.3. The van der Waals surface area contributed by atoms with Crippen molar-refractivity contribution in [1.29, 1.82) is 0 Å². The number of hydrogen-bond donors (Lipinski definition) is 3. The molecule has 1 unspecified atom stereocenters. The maximum Gasteiger partial charge on any atom is 0.295 e. The summed E-state index contributed by atoms with van der Waals surface area (Å²) in [7, 11) is -4.57. The lowest BCUT2D eigenvalue weighted by Gasteiger charge is -2.19. The maximum absolute atomic E-state index is 12.6. The molecule has 9 heteroatoms. The summed E-state index contributed by atoms with van der Waals surface area (Å²) in [6, 6.07) is 24.7.